The fraction of sp³-hybridized carbons (Fsp3) is 0.500. The molecule has 1 aromatic carbocycles. The summed E-state index contributed by atoms with van der Waals surface area (Å²) in [5.41, 5.74) is 5.91. The fourth-order valence-electron chi connectivity index (χ4n) is 1.56. The van der Waals surface area contributed by atoms with Gasteiger partial charge in [0, 0.05) is 11.6 Å². The van der Waals surface area contributed by atoms with Gasteiger partial charge in [-0.2, -0.15) is 0 Å². The number of hydrogen-bond acceptors (Lipinski definition) is 1. The molecule has 1 nitrogen and oxygen atoms in total. The molecule has 1 unspecified atom stereocenters. The van der Waals surface area contributed by atoms with E-state index in [9.17, 15) is 8.78 Å². The minimum atomic E-state index is -0.498. The van der Waals surface area contributed by atoms with E-state index in [0.717, 1.165) is 19.3 Å². The van der Waals surface area contributed by atoms with Crippen LogP contribution in [-0.2, 0) is 6.42 Å². The van der Waals surface area contributed by atoms with E-state index in [0.29, 0.717) is 0 Å². The van der Waals surface area contributed by atoms with Crippen molar-refractivity contribution in [1.29, 1.82) is 0 Å². The maximum atomic E-state index is 13.2. The quantitative estimate of drug-likeness (QED) is 0.799. The first-order valence-electron chi connectivity index (χ1n) is 5.33. The molecule has 0 bridgehead atoms. The normalized spacial score (nSPS) is 12.8. The first-order chi connectivity index (χ1) is 7.15. The summed E-state index contributed by atoms with van der Waals surface area (Å²) in [5.74, 6) is -0.996. The third kappa shape index (κ3) is 3.59. The van der Waals surface area contributed by atoms with Crippen molar-refractivity contribution in [1.82, 2.24) is 0 Å². The summed E-state index contributed by atoms with van der Waals surface area (Å²) >= 11 is 0. The van der Waals surface area contributed by atoms with E-state index in [4.69, 9.17) is 5.73 Å². The van der Waals surface area contributed by atoms with E-state index in [-0.39, 0.29) is 18.0 Å². The molecule has 0 amide bonds. The second-order valence-corrected chi connectivity index (χ2v) is 3.81. The summed E-state index contributed by atoms with van der Waals surface area (Å²) < 4.78 is 26.5. The van der Waals surface area contributed by atoms with Crippen LogP contribution in [-0.4, -0.2) is 6.04 Å². The van der Waals surface area contributed by atoms with Crippen molar-refractivity contribution in [3.63, 3.8) is 0 Å². The Bertz CT molecular complexity index is 292. The van der Waals surface area contributed by atoms with Crippen molar-refractivity contribution in [2.45, 2.75) is 38.6 Å². The summed E-state index contributed by atoms with van der Waals surface area (Å²) in [6.45, 7) is 2.07. The molecule has 1 aromatic rings. The lowest BCUT2D eigenvalue weighted by Gasteiger charge is -2.12. The standard InChI is InChI=1S/C12H17F2N/c1-2-3-5-9(15)8-10-11(13)6-4-7-12(10)14/h4,6-7,9H,2-3,5,8,15H2,1H3. The van der Waals surface area contributed by atoms with Gasteiger partial charge in [-0.25, -0.2) is 8.78 Å². The Morgan fingerprint density at radius 1 is 1.27 bits per heavy atom. The van der Waals surface area contributed by atoms with Gasteiger partial charge in [0.05, 0.1) is 0 Å². The summed E-state index contributed by atoms with van der Waals surface area (Å²) in [7, 11) is 0. The van der Waals surface area contributed by atoms with Crippen LogP contribution in [0.25, 0.3) is 0 Å². The average Bonchev–Trinajstić information content (AvgIpc) is 2.21. The molecule has 0 aromatic heterocycles. The predicted molar refractivity (Wildman–Crippen MR) is 57.6 cm³/mol. The number of rotatable bonds is 5. The number of halogens is 2. The highest BCUT2D eigenvalue weighted by Gasteiger charge is 2.12. The second-order valence-electron chi connectivity index (χ2n) is 3.81. The van der Waals surface area contributed by atoms with Crippen LogP contribution in [0.4, 0.5) is 8.78 Å². The molecule has 0 aliphatic heterocycles. The molecule has 0 saturated heterocycles. The van der Waals surface area contributed by atoms with Gasteiger partial charge in [-0.15, -0.1) is 0 Å². The summed E-state index contributed by atoms with van der Waals surface area (Å²) in [5, 5.41) is 0. The largest absolute Gasteiger partial charge is 0.327 e. The summed E-state index contributed by atoms with van der Waals surface area (Å²) in [4.78, 5) is 0. The molecule has 0 radical (unpaired) electrons. The maximum Gasteiger partial charge on any atom is 0.129 e. The van der Waals surface area contributed by atoms with E-state index < -0.39 is 11.6 Å². The predicted octanol–water partition coefficient (Wildman–Crippen LogP) is 3.02. The van der Waals surface area contributed by atoms with Gasteiger partial charge in [0.25, 0.3) is 0 Å². The van der Waals surface area contributed by atoms with Crippen LogP contribution in [0.3, 0.4) is 0 Å². The van der Waals surface area contributed by atoms with Crippen molar-refractivity contribution in [3.8, 4) is 0 Å². The second kappa shape index (κ2) is 5.81. The number of unbranched alkanes of at least 4 members (excludes halogenated alkanes) is 1. The minimum absolute atomic E-state index is 0.112. The molecule has 0 aliphatic rings. The molecule has 15 heavy (non-hydrogen) atoms. The van der Waals surface area contributed by atoms with Crippen molar-refractivity contribution in [3.05, 3.63) is 35.4 Å². The first-order valence-corrected chi connectivity index (χ1v) is 5.33. The van der Waals surface area contributed by atoms with Gasteiger partial charge in [-0.05, 0) is 25.0 Å². The molecular formula is C12H17F2N. The van der Waals surface area contributed by atoms with Gasteiger partial charge in [0.1, 0.15) is 11.6 Å². The first kappa shape index (κ1) is 12.1. The van der Waals surface area contributed by atoms with E-state index in [1.165, 1.54) is 18.2 Å². The van der Waals surface area contributed by atoms with Crippen molar-refractivity contribution < 1.29 is 8.78 Å². The van der Waals surface area contributed by atoms with Crippen LogP contribution in [0.15, 0.2) is 18.2 Å². The van der Waals surface area contributed by atoms with Crippen LogP contribution < -0.4 is 5.73 Å². The molecule has 3 heteroatoms. The fourth-order valence-corrected chi connectivity index (χ4v) is 1.56. The third-order valence-electron chi connectivity index (χ3n) is 2.46. The van der Waals surface area contributed by atoms with E-state index in [1.807, 2.05) is 0 Å². The Kier molecular flexibility index (Phi) is 4.69. The van der Waals surface area contributed by atoms with Crippen molar-refractivity contribution >= 4 is 0 Å². The summed E-state index contributed by atoms with van der Waals surface area (Å²) in [6.07, 6.45) is 3.13. The summed E-state index contributed by atoms with van der Waals surface area (Å²) in [6, 6.07) is 3.75. The number of nitrogens with two attached hydrogens (primary N) is 1. The molecule has 1 rings (SSSR count). The van der Waals surface area contributed by atoms with E-state index in [2.05, 4.69) is 6.92 Å². The average molecular weight is 213 g/mol. The monoisotopic (exact) mass is 213 g/mol. The Labute approximate surface area is 89.3 Å². The molecule has 0 fully saturated rings. The third-order valence-corrected chi connectivity index (χ3v) is 2.46. The van der Waals surface area contributed by atoms with Crippen LogP contribution >= 0.6 is 0 Å². The molecule has 84 valence electrons. The zero-order valence-electron chi connectivity index (χ0n) is 8.97. The lowest BCUT2D eigenvalue weighted by molar-refractivity contribution is 0.514. The van der Waals surface area contributed by atoms with Gasteiger partial charge in [0.2, 0.25) is 0 Å². The number of benzene rings is 1. The number of hydrogen-bond donors (Lipinski definition) is 1. The highest BCUT2D eigenvalue weighted by Crippen LogP contribution is 2.15. The molecular weight excluding hydrogens is 196 g/mol. The Morgan fingerprint density at radius 2 is 1.87 bits per heavy atom. The van der Waals surface area contributed by atoms with E-state index >= 15 is 0 Å². The Hall–Kier alpha value is -0.960. The topological polar surface area (TPSA) is 26.0 Å². The van der Waals surface area contributed by atoms with E-state index in [1.54, 1.807) is 0 Å². The van der Waals surface area contributed by atoms with Gasteiger partial charge < -0.3 is 5.73 Å². The molecule has 0 spiro atoms. The Morgan fingerprint density at radius 3 is 2.40 bits per heavy atom. The highest BCUT2D eigenvalue weighted by atomic mass is 19.1. The molecule has 1 atom stereocenters. The van der Waals surface area contributed by atoms with Crippen LogP contribution in [0, 0.1) is 11.6 Å². The van der Waals surface area contributed by atoms with Gasteiger partial charge in [-0.3, -0.25) is 0 Å². The highest BCUT2D eigenvalue weighted by molar-refractivity contribution is 5.20. The van der Waals surface area contributed by atoms with Crippen LogP contribution in [0.2, 0.25) is 0 Å². The van der Waals surface area contributed by atoms with Crippen LogP contribution in [0.5, 0.6) is 0 Å². The SMILES string of the molecule is CCCCC(N)Cc1c(F)cccc1F. The van der Waals surface area contributed by atoms with Gasteiger partial charge in [-0.1, -0.05) is 25.8 Å². The Balaban J connectivity index is 2.63. The molecule has 2 N–H and O–H groups in total. The van der Waals surface area contributed by atoms with Crippen molar-refractivity contribution in [2.24, 2.45) is 5.73 Å². The molecule has 0 saturated carbocycles. The van der Waals surface area contributed by atoms with Crippen molar-refractivity contribution in [2.75, 3.05) is 0 Å². The van der Waals surface area contributed by atoms with Gasteiger partial charge >= 0.3 is 0 Å². The smallest absolute Gasteiger partial charge is 0.129 e. The molecule has 0 heterocycles. The lowest BCUT2D eigenvalue weighted by Crippen LogP contribution is -2.23. The maximum absolute atomic E-state index is 13.2. The lowest BCUT2D eigenvalue weighted by atomic mass is 10.0. The zero-order chi connectivity index (χ0) is 11.3. The van der Waals surface area contributed by atoms with Gasteiger partial charge in [0.15, 0.2) is 0 Å². The zero-order valence-corrected chi connectivity index (χ0v) is 8.97. The molecule has 0 aliphatic carbocycles. The minimum Gasteiger partial charge on any atom is -0.327 e. The van der Waals surface area contributed by atoms with Crippen LogP contribution in [0.1, 0.15) is 31.7 Å².